The van der Waals surface area contributed by atoms with Crippen molar-refractivity contribution < 1.29 is 22.3 Å². The molecular formula is C9H11FN2O4S. The van der Waals surface area contributed by atoms with Crippen molar-refractivity contribution in [1.82, 2.24) is 9.97 Å². The summed E-state index contributed by atoms with van der Waals surface area (Å²) in [7, 11) is -3.50. The molecule has 6 nitrogen and oxygen atoms in total. The Labute approximate surface area is 97.7 Å². The molecule has 94 valence electrons. The van der Waals surface area contributed by atoms with Crippen LogP contribution in [0.5, 0.6) is 5.88 Å². The van der Waals surface area contributed by atoms with Gasteiger partial charge in [-0.2, -0.15) is 4.98 Å². The molecule has 0 N–H and O–H groups in total. The third-order valence-corrected chi connectivity index (χ3v) is 3.03. The van der Waals surface area contributed by atoms with Gasteiger partial charge in [-0.15, -0.1) is 0 Å². The highest BCUT2D eigenvalue weighted by Gasteiger charge is 2.30. The first-order valence-corrected chi connectivity index (χ1v) is 6.77. The van der Waals surface area contributed by atoms with Crippen molar-refractivity contribution in [2.75, 3.05) is 19.5 Å². The van der Waals surface area contributed by atoms with Gasteiger partial charge in [-0.05, 0) is 0 Å². The van der Waals surface area contributed by atoms with E-state index in [0.29, 0.717) is 0 Å². The Morgan fingerprint density at radius 2 is 2.29 bits per heavy atom. The van der Waals surface area contributed by atoms with Crippen LogP contribution in [0.4, 0.5) is 4.39 Å². The summed E-state index contributed by atoms with van der Waals surface area (Å²) in [4.78, 5) is 7.30. The van der Waals surface area contributed by atoms with Crippen LogP contribution in [0.2, 0.25) is 0 Å². The van der Waals surface area contributed by atoms with Gasteiger partial charge in [0.05, 0.1) is 13.2 Å². The fourth-order valence-electron chi connectivity index (χ4n) is 1.34. The molecule has 0 radical (unpaired) electrons. The molecule has 0 aliphatic carbocycles. The lowest BCUT2D eigenvalue weighted by atomic mass is 10.3. The van der Waals surface area contributed by atoms with Gasteiger partial charge in [-0.3, -0.25) is 0 Å². The van der Waals surface area contributed by atoms with E-state index in [1.165, 1.54) is 12.3 Å². The highest BCUT2D eigenvalue weighted by Crippen LogP contribution is 2.17. The van der Waals surface area contributed by atoms with E-state index in [0.717, 1.165) is 6.26 Å². The van der Waals surface area contributed by atoms with Crippen LogP contribution in [0.15, 0.2) is 17.4 Å². The highest BCUT2D eigenvalue weighted by molar-refractivity contribution is 7.90. The zero-order valence-corrected chi connectivity index (χ0v) is 9.85. The van der Waals surface area contributed by atoms with E-state index >= 15 is 0 Å². The molecule has 0 saturated carbocycles. The van der Waals surface area contributed by atoms with Gasteiger partial charge in [-0.25, -0.2) is 17.8 Å². The van der Waals surface area contributed by atoms with Crippen LogP contribution >= 0.6 is 0 Å². The zero-order chi connectivity index (χ0) is 12.5. The van der Waals surface area contributed by atoms with E-state index in [9.17, 15) is 12.8 Å². The smallest absolute Gasteiger partial charge is 0.250 e. The normalized spacial score (nSPS) is 24.8. The number of rotatable bonds is 3. The van der Waals surface area contributed by atoms with Crippen LogP contribution in [-0.4, -0.2) is 50.1 Å². The molecule has 1 fully saturated rings. The molecule has 0 unspecified atom stereocenters. The number of nitrogens with zero attached hydrogens (tertiary/aromatic N) is 2. The number of halogens is 1. The molecule has 1 saturated heterocycles. The number of alkyl halides is 1. The van der Waals surface area contributed by atoms with Crippen molar-refractivity contribution in [2.24, 2.45) is 0 Å². The minimum Gasteiger partial charge on any atom is -0.469 e. The number of hydrogen-bond acceptors (Lipinski definition) is 6. The maximum atomic E-state index is 13.2. The minimum atomic E-state index is -3.50. The number of ether oxygens (including phenoxy) is 2. The topological polar surface area (TPSA) is 78.4 Å². The van der Waals surface area contributed by atoms with Crippen molar-refractivity contribution in [3.8, 4) is 5.88 Å². The van der Waals surface area contributed by atoms with Crippen molar-refractivity contribution in [2.45, 2.75) is 17.4 Å². The largest absolute Gasteiger partial charge is 0.469 e. The third-order valence-electron chi connectivity index (χ3n) is 2.17. The number of aromatic nitrogens is 2. The Kier molecular flexibility index (Phi) is 3.25. The van der Waals surface area contributed by atoms with Crippen LogP contribution < -0.4 is 4.74 Å². The SMILES string of the molecule is CS(=O)(=O)c1nccc(O[C@H]2COC[C@H]2F)n1. The van der Waals surface area contributed by atoms with Crippen LogP contribution in [0.25, 0.3) is 0 Å². The van der Waals surface area contributed by atoms with Crippen molar-refractivity contribution in [1.29, 1.82) is 0 Å². The van der Waals surface area contributed by atoms with E-state index in [4.69, 9.17) is 9.47 Å². The Hall–Kier alpha value is -1.28. The predicted octanol–water partition coefficient (Wildman–Crippen LogP) is -0.00420. The Morgan fingerprint density at radius 3 is 2.88 bits per heavy atom. The Morgan fingerprint density at radius 1 is 1.53 bits per heavy atom. The first-order chi connectivity index (χ1) is 7.97. The summed E-state index contributed by atoms with van der Waals surface area (Å²) in [5.74, 6) is 0.0265. The van der Waals surface area contributed by atoms with Gasteiger partial charge < -0.3 is 9.47 Å². The summed E-state index contributed by atoms with van der Waals surface area (Å²) in [6.45, 7) is 0.105. The summed E-state index contributed by atoms with van der Waals surface area (Å²) in [5, 5.41) is -0.343. The first-order valence-electron chi connectivity index (χ1n) is 4.88. The van der Waals surface area contributed by atoms with E-state index in [2.05, 4.69) is 9.97 Å². The summed E-state index contributed by atoms with van der Waals surface area (Å²) in [6.07, 6.45) is 0.258. The maximum absolute atomic E-state index is 13.2. The fraction of sp³-hybridized carbons (Fsp3) is 0.556. The molecule has 2 heterocycles. The monoisotopic (exact) mass is 262 g/mol. The Bertz CT molecular complexity index is 507. The molecule has 0 bridgehead atoms. The molecule has 1 aliphatic heterocycles. The molecule has 0 spiro atoms. The van der Waals surface area contributed by atoms with Crippen molar-refractivity contribution >= 4 is 9.84 Å². The molecule has 2 rings (SSSR count). The van der Waals surface area contributed by atoms with Crippen molar-refractivity contribution in [3.05, 3.63) is 12.3 Å². The van der Waals surface area contributed by atoms with Crippen LogP contribution in [0.3, 0.4) is 0 Å². The van der Waals surface area contributed by atoms with Crippen molar-refractivity contribution in [3.63, 3.8) is 0 Å². The van der Waals surface area contributed by atoms with Gasteiger partial charge in [-0.1, -0.05) is 0 Å². The highest BCUT2D eigenvalue weighted by atomic mass is 32.2. The van der Waals surface area contributed by atoms with Crippen LogP contribution in [-0.2, 0) is 14.6 Å². The van der Waals surface area contributed by atoms with Crippen LogP contribution in [0, 0.1) is 0 Å². The molecule has 17 heavy (non-hydrogen) atoms. The summed E-state index contributed by atoms with van der Waals surface area (Å²) in [6, 6.07) is 1.37. The van der Waals surface area contributed by atoms with Gasteiger partial charge >= 0.3 is 0 Å². The number of hydrogen-bond donors (Lipinski definition) is 0. The van der Waals surface area contributed by atoms with E-state index < -0.39 is 22.1 Å². The second kappa shape index (κ2) is 4.53. The van der Waals surface area contributed by atoms with E-state index in [-0.39, 0.29) is 24.3 Å². The quantitative estimate of drug-likeness (QED) is 0.713. The molecule has 8 heteroatoms. The summed E-state index contributed by atoms with van der Waals surface area (Å²) >= 11 is 0. The average molecular weight is 262 g/mol. The lowest BCUT2D eigenvalue weighted by molar-refractivity contribution is 0.123. The molecule has 0 amide bonds. The predicted molar refractivity (Wildman–Crippen MR) is 55.3 cm³/mol. The molecule has 1 aromatic heterocycles. The van der Waals surface area contributed by atoms with Gasteiger partial charge in [0.1, 0.15) is 0 Å². The lowest BCUT2D eigenvalue weighted by Crippen LogP contribution is -2.27. The average Bonchev–Trinajstić information content (AvgIpc) is 2.64. The van der Waals surface area contributed by atoms with Gasteiger partial charge in [0.15, 0.2) is 12.3 Å². The fourth-order valence-corrected chi connectivity index (χ4v) is 1.85. The standard InChI is InChI=1S/C9H11FN2O4S/c1-17(13,14)9-11-3-2-8(12-9)16-7-5-15-4-6(7)10/h2-3,6-7H,4-5H2,1H3/t6-,7+/m1/s1. The molecular weight excluding hydrogens is 251 g/mol. The molecule has 1 aromatic rings. The Balaban J connectivity index is 2.17. The molecule has 1 aliphatic rings. The minimum absolute atomic E-state index is 0.0192. The lowest BCUT2D eigenvalue weighted by Gasteiger charge is -2.12. The maximum Gasteiger partial charge on any atom is 0.250 e. The van der Waals surface area contributed by atoms with Gasteiger partial charge in [0.25, 0.3) is 0 Å². The zero-order valence-electron chi connectivity index (χ0n) is 9.04. The van der Waals surface area contributed by atoms with Gasteiger partial charge in [0, 0.05) is 18.5 Å². The second-order valence-corrected chi connectivity index (χ2v) is 5.57. The molecule has 2 atom stereocenters. The van der Waals surface area contributed by atoms with Gasteiger partial charge in [0.2, 0.25) is 20.9 Å². The number of sulfone groups is 1. The molecule has 0 aromatic carbocycles. The summed E-state index contributed by atoms with van der Waals surface area (Å²) in [5.41, 5.74) is 0. The third kappa shape index (κ3) is 2.89. The van der Waals surface area contributed by atoms with E-state index in [1.807, 2.05) is 0 Å². The second-order valence-electron chi connectivity index (χ2n) is 3.66. The van der Waals surface area contributed by atoms with Crippen LogP contribution in [0.1, 0.15) is 0 Å². The summed E-state index contributed by atoms with van der Waals surface area (Å²) < 4.78 is 45.7. The van der Waals surface area contributed by atoms with E-state index in [1.54, 1.807) is 0 Å². The first kappa shape index (κ1) is 12.2.